The number of rotatable bonds is 7. The highest BCUT2D eigenvalue weighted by Crippen LogP contribution is 2.13. The van der Waals surface area contributed by atoms with Gasteiger partial charge in [-0.3, -0.25) is 0 Å². The molecule has 2 rings (SSSR count). The first-order valence-corrected chi connectivity index (χ1v) is 9.08. The molecular formula is C18H25FN4OS. The fourth-order valence-electron chi connectivity index (χ4n) is 2.43. The molecule has 0 aliphatic rings. The van der Waals surface area contributed by atoms with Crippen LogP contribution in [0.15, 0.2) is 28.6 Å². The van der Waals surface area contributed by atoms with E-state index in [9.17, 15) is 4.39 Å². The van der Waals surface area contributed by atoms with Crippen molar-refractivity contribution >= 4 is 17.3 Å². The topological polar surface area (TPSA) is 49.8 Å². The molecule has 0 unspecified atom stereocenters. The zero-order valence-electron chi connectivity index (χ0n) is 15.2. The lowest BCUT2D eigenvalue weighted by molar-refractivity contribution is 0.181. The molecule has 0 radical (unpaired) electrons. The van der Waals surface area contributed by atoms with Crippen LogP contribution in [0.5, 0.6) is 0 Å². The van der Waals surface area contributed by atoms with Gasteiger partial charge in [0.25, 0.3) is 0 Å². The minimum atomic E-state index is -0.252. The van der Waals surface area contributed by atoms with Crippen LogP contribution in [0.25, 0.3) is 0 Å². The van der Waals surface area contributed by atoms with Gasteiger partial charge in [0.1, 0.15) is 5.82 Å². The van der Waals surface area contributed by atoms with Crippen molar-refractivity contribution in [1.29, 1.82) is 0 Å². The Morgan fingerprint density at radius 1 is 1.44 bits per heavy atom. The molecule has 5 nitrogen and oxygen atoms in total. The van der Waals surface area contributed by atoms with E-state index < -0.39 is 0 Å². The van der Waals surface area contributed by atoms with E-state index >= 15 is 0 Å². The van der Waals surface area contributed by atoms with E-state index in [1.54, 1.807) is 30.6 Å². The maximum absolute atomic E-state index is 13.7. The Hall–Kier alpha value is -1.99. The maximum atomic E-state index is 13.7. The predicted molar refractivity (Wildman–Crippen MR) is 100 cm³/mol. The van der Waals surface area contributed by atoms with Crippen LogP contribution in [0.2, 0.25) is 0 Å². The second kappa shape index (κ2) is 9.48. The molecule has 0 aliphatic heterocycles. The summed E-state index contributed by atoms with van der Waals surface area (Å²) in [5, 5.41) is 6.40. The van der Waals surface area contributed by atoms with Gasteiger partial charge in [0.05, 0.1) is 30.4 Å². The SMILES string of the molecule is CCNC(=NCc1ccc(F)c(COC)c1)N(C)Cc1csc(C)n1. The van der Waals surface area contributed by atoms with Crippen LogP contribution in [0.1, 0.15) is 28.8 Å². The number of benzene rings is 1. The van der Waals surface area contributed by atoms with Gasteiger partial charge in [0.2, 0.25) is 0 Å². The third kappa shape index (κ3) is 5.79. The highest BCUT2D eigenvalue weighted by atomic mass is 32.1. The first-order chi connectivity index (χ1) is 12.0. The standard InChI is InChI=1S/C18H25FN4OS/c1-5-20-18(23(3)10-16-12-25-13(2)22-16)21-9-14-6-7-17(19)15(8-14)11-24-4/h6-8,12H,5,9-11H2,1-4H3,(H,20,21). The second-order valence-corrected chi connectivity index (χ2v) is 6.81. The molecule has 0 amide bonds. The van der Waals surface area contributed by atoms with Crippen LogP contribution in [0.4, 0.5) is 4.39 Å². The minimum absolute atomic E-state index is 0.252. The summed E-state index contributed by atoms with van der Waals surface area (Å²) in [6.07, 6.45) is 0. The lowest BCUT2D eigenvalue weighted by Gasteiger charge is -2.21. The number of thiazole rings is 1. The van der Waals surface area contributed by atoms with Gasteiger partial charge in [-0.1, -0.05) is 6.07 Å². The Morgan fingerprint density at radius 3 is 2.88 bits per heavy atom. The third-order valence-corrected chi connectivity index (χ3v) is 4.41. The first-order valence-electron chi connectivity index (χ1n) is 8.20. The van der Waals surface area contributed by atoms with Crippen LogP contribution in [-0.4, -0.2) is 36.5 Å². The molecule has 1 aromatic heterocycles. The molecule has 0 aliphatic carbocycles. The van der Waals surface area contributed by atoms with Crippen molar-refractivity contribution in [1.82, 2.24) is 15.2 Å². The van der Waals surface area contributed by atoms with Crippen molar-refractivity contribution < 1.29 is 9.13 Å². The molecule has 0 spiro atoms. The Bertz CT molecular complexity index is 717. The molecule has 0 bridgehead atoms. The number of aryl methyl sites for hydroxylation is 1. The largest absolute Gasteiger partial charge is 0.380 e. The minimum Gasteiger partial charge on any atom is -0.380 e. The van der Waals surface area contributed by atoms with E-state index in [1.807, 2.05) is 25.8 Å². The number of ether oxygens (including phenoxy) is 1. The van der Waals surface area contributed by atoms with Crippen molar-refractivity contribution in [3.8, 4) is 0 Å². The molecule has 0 fully saturated rings. The van der Waals surface area contributed by atoms with Crippen molar-refractivity contribution in [2.45, 2.75) is 33.5 Å². The molecule has 25 heavy (non-hydrogen) atoms. The Balaban J connectivity index is 2.09. The number of nitrogens with one attached hydrogen (secondary N) is 1. The van der Waals surface area contributed by atoms with Gasteiger partial charge in [0.15, 0.2) is 5.96 Å². The summed E-state index contributed by atoms with van der Waals surface area (Å²) < 4.78 is 18.7. The molecule has 7 heteroatoms. The summed E-state index contributed by atoms with van der Waals surface area (Å²) in [5.74, 6) is 0.545. The Labute approximate surface area is 152 Å². The number of nitrogens with zero attached hydrogens (tertiary/aromatic N) is 3. The van der Waals surface area contributed by atoms with E-state index in [2.05, 4.69) is 20.7 Å². The van der Waals surface area contributed by atoms with Gasteiger partial charge in [-0.2, -0.15) is 0 Å². The summed E-state index contributed by atoms with van der Waals surface area (Å²) >= 11 is 1.64. The molecule has 0 saturated carbocycles. The summed E-state index contributed by atoms with van der Waals surface area (Å²) in [6.45, 7) is 6.23. The zero-order valence-corrected chi connectivity index (χ0v) is 16.0. The second-order valence-electron chi connectivity index (χ2n) is 5.74. The Kier molecular flexibility index (Phi) is 7.33. The monoisotopic (exact) mass is 364 g/mol. The van der Waals surface area contributed by atoms with Crippen molar-refractivity contribution in [3.05, 3.63) is 51.2 Å². The number of aromatic nitrogens is 1. The number of guanidine groups is 1. The van der Waals surface area contributed by atoms with Crippen molar-refractivity contribution in [2.75, 3.05) is 20.7 Å². The van der Waals surface area contributed by atoms with Gasteiger partial charge in [-0.05, 0) is 31.5 Å². The highest BCUT2D eigenvalue weighted by Gasteiger charge is 2.09. The van der Waals surface area contributed by atoms with Crippen molar-refractivity contribution in [2.24, 2.45) is 4.99 Å². The van der Waals surface area contributed by atoms with E-state index in [-0.39, 0.29) is 12.4 Å². The maximum Gasteiger partial charge on any atom is 0.194 e. The quantitative estimate of drug-likeness (QED) is 0.605. The predicted octanol–water partition coefficient (Wildman–Crippen LogP) is 3.33. The summed E-state index contributed by atoms with van der Waals surface area (Å²) in [7, 11) is 3.54. The summed E-state index contributed by atoms with van der Waals surface area (Å²) in [5.41, 5.74) is 2.52. The smallest absolute Gasteiger partial charge is 0.194 e. The van der Waals surface area contributed by atoms with Gasteiger partial charge >= 0.3 is 0 Å². The average Bonchev–Trinajstić information content (AvgIpc) is 2.99. The van der Waals surface area contributed by atoms with Crippen LogP contribution in [-0.2, 0) is 24.4 Å². The fraction of sp³-hybridized carbons (Fsp3) is 0.444. The lowest BCUT2D eigenvalue weighted by atomic mass is 10.1. The molecular weight excluding hydrogens is 339 g/mol. The van der Waals surface area contributed by atoms with Crippen molar-refractivity contribution in [3.63, 3.8) is 0 Å². The molecule has 1 heterocycles. The first kappa shape index (κ1) is 19.3. The number of halogens is 1. The number of methoxy groups -OCH3 is 1. The number of hydrogen-bond acceptors (Lipinski definition) is 4. The third-order valence-electron chi connectivity index (χ3n) is 3.58. The van der Waals surface area contributed by atoms with E-state index in [0.717, 1.165) is 28.8 Å². The number of aliphatic imine (C=N–C) groups is 1. The molecule has 1 N–H and O–H groups in total. The lowest BCUT2D eigenvalue weighted by Crippen LogP contribution is -2.38. The van der Waals surface area contributed by atoms with E-state index in [1.165, 1.54) is 6.07 Å². The summed E-state index contributed by atoms with van der Waals surface area (Å²) in [6, 6.07) is 5.02. The fourth-order valence-corrected chi connectivity index (χ4v) is 3.03. The summed E-state index contributed by atoms with van der Waals surface area (Å²) in [4.78, 5) is 11.2. The molecule has 0 atom stereocenters. The molecule has 1 aromatic carbocycles. The molecule has 0 saturated heterocycles. The molecule has 2 aromatic rings. The van der Waals surface area contributed by atoms with Gasteiger partial charge in [-0.25, -0.2) is 14.4 Å². The van der Waals surface area contributed by atoms with Gasteiger partial charge in [0, 0.05) is 31.6 Å². The van der Waals surface area contributed by atoms with Gasteiger partial charge in [-0.15, -0.1) is 11.3 Å². The van der Waals surface area contributed by atoms with E-state index in [4.69, 9.17) is 4.74 Å². The normalized spacial score (nSPS) is 11.6. The van der Waals surface area contributed by atoms with Crippen LogP contribution in [0, 0.1) is 12.7 Å². The Morgan fingerprint density at radius 2 is 2.24 bits per heavy atom. The van der Waals surface area contributed by atoms with Crippen LogP contribution >= 0.6 is 11.3 Å². The zero-order chi connectivity index (χ0) is 18.2. The average molecular weight is 364 g/mol. The van der Waals surface area contributed by atoms with E-state index in [0.29, 0.717) is 18.7 Å². The number of hydrogen-bond donors (Lipinski definition) is 1. The van der Waals surface area contributed by atoms with Crippen LogP contribution in [0.3, 0.4) is 0 Å². The highest BCUT2D eigenvalue weighted by molar-refractivity contribution is 7.09. The molecule has 136 valence electrons. The van der Waals surface area contributed by atoms with Crippen LogP contribution < -0.4 is 5.32 Å². The van der Waals surface area contributed by atoms with Gasteiger partial charge < -0.3 is 15.0 Å².